The molecule has 0 radical (unpaired) electrons. The number of likely N-dealkylation sites (N-methyl/N-ethyl adjacent to an activating group) is 1. The molecular formula is C15H33N3. The van der Waals surface area contributed by atoms with Crippen molar-refractivity contribution in [3.8, 4) is 0 Å². The number of rotatable bonds is 6. The van der Waals surface area contributed by atoms with Crippen LogP contribution in [0.3, 0.4) is 0 Å². The van der Waals surface area contributed by atoms with E-state index in [0.29, 0.717) is 24.2 Å². The molecule has 1 fully saturated rings. The van der Waals surface area contributed by atoms with Crippen molar-refractivity contribution in [2.24, 2.45) is 0 Å². The normalized spacial score (nSPS) is 28.8. The summed E-state index contributed by atoms with van der Waals surface area (Å²) in [6, 6.07) is 2.67. The van der Waals surface area contributed by atoms with Crippen molar-refractivity contribution in [2.75, 3.05) is 26.7 Å². The van der Waals surface area contributed by atoms with Gasteiger partial charge < -0.3 is 5.32 Å². The zero-order valence-electron chi connectivity index (χ0n) is 13.2. The fourth-order valence-electron chi connectivity index (χ4n) is 2.85. The average molecular weight is 255 g/mol. The van der Waals surface area contributed by atoms with Crippen molar-refractivity contribution in [2.45, 2.75) is 71.6 Å². The van der Waals surface area contributed by atoms with Gasteiger partial charge in [-0.1, -0.05) is 13.8 Å². The fourth-order valence-corrected chi connectivity index (χ4v) is 2.85. The molecule has 0 aliphatic carbocycles. The van der Waals surface area contributed by atoms with Gasteiger partial charge in [0.2, 0.25) is 0 Å². The highest BCUT2D eigenvalue weighted by atomic mass is 15.3. The van der Waals surface area contributed by atoms with Gasteiger partial charge in [0.15, 0.2) is 0 Å². The number of nitrogens with one attached hydrogen (secondary N) is 1. The van der Waals surface area contributed by atoms with Crippen molar-refractivity contribution < 1.29 is 0 Å². The summed E-state index contributed by atoms with van der Waals surface area (Å²) >= 11 is 0. The first-order chi connectivity index (χ1) is 8.49. The molecule has 3 unspecified atom stereocenters. The van der Waals surface area contributed by atoms with Crippen LogP contribution in [0.1, 0.15) is 47.5 Å². The van der Waals surface area contributed by atoms with Gasteiger partial charge >= 0.3 is 0 Å². The minimum atomic E-state index is 0.643. The Morgan fingerprint density at radius 1 is 1.11 bits per heavy atom. The first-order valence-electron chi connectivity index (χ1n) is 7.68. The summed E-state index contributed by atoms with van der Waals surface area (Å²) in [7, 11) is 2.25. The SMILES string of the molecule is CCC(CC)NCC(C)N1CC(C)N(C)C(C)C1. The van der Waals surface area contributed by atoms with Gasteiger partial charge in [-0.15, -0.1) is 0 Å². The first-order valence-corrected chi connectivity index (χ1v) is 7.68. The maximum Gasteiger partial charge on any atom is 0.0195 e. The van der Waals surface area contributed by atoms with Crippen LogP contribution in [0.15, 0.2) is 0 Å². The van der Waals surface area contributed by atoms with Gasteiger partial charge in [-0.3, -0.25) is 9.80 Å². The lowest BCUT2D eigenvalue weighted by atomic mass is 10.1. The molecule has 1 heterocycles. The minimum absolute atomic E-state index is 0.643. The molecule has 108 valence electrons. The van der Waals surface area contributed by atoms with Crippen LogP contribution in [0.25, 0.3) is 0 Å². The lowest BCUT2D eigenvalue weighted by molar-refractivity contribution is 0.0374. The van der Waals surface area contributed by atoms with Crippen LogP contribution in [0.4, 0.5) is 0 Å². The van der Waals surface area contributed by atoms with E-state index < -0.39 is 0 Å². The number of piperazine rings is 1. The largest absolute Gasteiger partial charge is 0.312 e. The van der Waals surface area contributed by atoms with E-state index in [1.807, 2.05) is 0 Å². The van der Waals surface area contributed by atoms with E-state index in [9.17, 15) is 0 Å². The third-order valence-corrected chi connectivity index (χ3v) is 4.70. The fraction of sp³-hybridized carbons (Fsp3) is 1.00. The Labute approximate surface area is 114 Å². The summed E-state index contributed by atoms with van der Waals surface area (Å²) in [6.07, 6.45) is 2.47. The molecule has 3 heteroatoms. The van der Waals surface area contributed by atoms with Crippen LogP contribution in [0, 0.1) is 0 Å². The summed E-state index contributed by atoms with van der Waals surface area (Å²) in [6.45, 7) is 15.1. The van der Waals surface area contributed by atoms with Gasteiger partial charge in [0.1, 0.15) is 0 Å². The molecule has 0 aromatic rings. The van der Waals surface area contributed by atoms with Crippen LogP contribution < -0.4 is 5.32 Å². The molecule has 3 nitrogen and oxygen atoms in total. The second-order valence-corrected chi connectivity index (χ2v) is 6.09. The molecule has 1 rings (SSSR count). The summed E-state index contributed by atoms with van der Waals surface area (Å²) in [5, 5.41) is 3.70. The molecular weight excluding hydrogens is 222 g/mol. The van der Waals surface area contributed by atoms with Crippen molar-refractivity contribution in [1.29, 1.82) is 0 Å². The first kappa shape index (κ1) is 15.9. The number of hydrogen-bond acceptors (Lipinski definition) is 3. The van der Waals surface area contributed by atoms with Gasteiger partial charge in [0.05, 0.1) is 0 Å². The number of nitrogens with zero attached hydrogens (tertiary/aromatic N) is 2. The van der Waals surface area contributed by atoms with Gasteiger partial charge in [-0.25, -0.2) is 0 Å². The van der Waals surface area contributed by atoms with E-state index in [2.05, 4.69) is 56.8 Å². The van der Waals surface area contributed by atoms with Crippen LogP contribution in [-0.4, -0.2) is 60.6 Å². The lowest BCUT2D eigenvalue weighted by Gasteiger charge is -2.45. The highest BCUT2D eigenvalue weighted by Gasteiger charge is 2.28. The van der Waals surface area contributed by atoms with E-state index in [0.717, 1.165) is 6.54 Å². The Hall–Kier alpha value is -0.120. The molecule has 0 spiro atoms. The third-order valence-electron chi connectivity index (χ3n) is 4.70. The number of hydrogen-bond donors (Lipinski definition) is 1. The topological polar surface area (TPSA) is 18.5 Å². The standard InChI is InChI=1S/C15H33N3/c1-7-15(8-2)16-9-12(3)18-10-13(4)17(6)14(5)11-18/h12-16H,7-11H2,1-6H3. The van der Waals surface area contributed by atoms with Gasteiger partial charge in [-0.2, -0.15) is 0 Å². The second-order valence-electron chi connectivity index (χ2n) is 6.09. The Morgan fingerprint density at radius 3 is 2.06 bits per heavy atom. The predicted octanol–water partition coefficient (Wildman–Crippen LogP) is 2.18. The van der Waals surface area contributed by atoms with E-state index in [1.54, 1.807) is 0 Å². The quantitative estimate of drug-likeness (QED) is 0.785. The zero-order chi connectivity index (χ0) is 13.7. The maximum atomic E-state index is 3.70. The van der Waals surface area contributed by atoms with Crippen molar-refractivity contribution in [1.82, 2.24) is 15.1 Å². The van der Waals surface area contributed by atoms with E-state index in [4.69, 9.17) is 0 Å². The van der Waals surface area contributed by atoms with Gasteiger partial charge in [0.25, 0.3) is 0 Å². The molecule has 0 aromatic carbocycles. The van der Waals surface area contributed by atoms with Crippen LogP contribution in [0.5, 0.6) is 0 Å². The monoisotopic (exact) mass is 255 g/mol. The summed E-state index contributed by atoms with van der Waals surface area (Å²) in [5.41, 5.74) is 0. The Kier molecular flexibility index (Phi) is 6.61. The summed E-state index contributed by atoms with van der Waals surface area (Å²) in [4.78, 5) is 5.14. The average Bonchev–Trinajstić information content (AvgIpc) is 2.36. The van der Waals surface area contributed by atoms with Crippen LogP contribution in [0.2, 0.25) is 0 Å². The molecule has 18 heavy (non-hydrogen) atoms. The molecule has 1 aliphatic heterocycles. The molecule has 1 saturated heterocycles. The van der Waals surface area contributed by atoms with Crippen molar-refractivity contribution in [3.63, 3.8) is 0 Å². The Bertz CT molecular complexity index is 216. The Balaban J connectivity index is 2.40. The van der Waals surface area contributed by atoms with Crippen molar-refractivity contribution >= 4 is 0 Å². The smallest absolute Gasteiger partial charge is 0.0195 e. The Morgan fingerprint density at radius 2 is 1.61 bits per heavy atom. The van der Waals surface area contributed by atoms with Crippen LogP contribution >= 0.6 is 0 Å². The maximum absolute atomic E-state index is 3.70. The minimum Gasteiger partial charge on any atom is -0.312 e. The molecule has 0 amide bonds. The molecule has 3 atom stereocenters. The zero-order valence-corrected chi connectivity index (χ0v) is 13.2. The molecule has 1 aliphatic rings. The lowest BCUT2D eigenvalue weighted by Crippen LogP contribution is -2.58. The van der Waals surface area contributed by atoms with E-state index in [-0.39, 0.29) is 0 Å². The van der Waals surface area contributed by atoms with Crippen molar-refractivity contribution in [3.05, 3.63) is 0 Å². The summed E-state index contributed by atoms with van der Waals surface area (Å²) in [5.74, 6) is 0. The summed E-state index contributed by atoms with van der Waals surface area (Å²) < 4.78 is 0. The van der Waals surface area contributed by atoms with Gasteiger partial charge in [-0.05, 0) is 40.7 Å². The molecule has 0 bridgehead atoms. The highest BCUT2D eigenvalue weighted by molar-refractivity contribution is 4.86. The van der Waals surface area contributed by atoms with E-state index >= 15 is 0 Å². The molecule has 1 N–H and O–H groups in total. The second kappa shape index (κ2) is 7.46. The molecule has 0 saturated carbocycles. The predicted molar refractivity (Wildman–Crippen MR) is 80.1 cm³/mol. The van der Waals surface area contributed by atoms with Crippen LogP contribution in [-0.2, 0) is 0 Å². The molecule has 0 aromatic heterocycles. The third kappa shape index (κ3) is 4.22. The van der Waals surface area contributed by atoms with E-state index in [1.165, 1.54) is 25.9 Å². The highest BCUT2D eigenvalue weighted by Crippen LogP contribution is 2.15. The van der Waals surface area contributed by atoms with Gasteiger partial charge in [0, 0.05) is 43.8 Å².